The van der Waals surface area contributed by atoms with E-state index in [9.17, 15) is 18.0 Å². The predicted octanol–water partition coefficient (Wildman–Crippen LogP) is 4.01. The highest BCUT2D eigenvalue weighted by atomic mass is 19.4. The van der Waals surface area contributed by atoms with Crippen molar-refractivity contribution in [2.24, 2.45) is 27.3 Å². The Balaban J connectivity index is 1.31. The molecule has 10 nitrogen and oxygen atoms in total. The lowest BCUT2D eigenvalue weighted by Crippen LogP contribution is -2.37. The molecule has 1 fully saturated rings. The van der Waals surface area contributed by atoms with Crippen LogP contribution in [0.4, 0.5) is 24.5 Å². The summed E-state index contributed by atoms with van der Waals surface area (Å²) >= 11 is 0. The molecule has 0 radical (unpaired) electrons. The molecule has 192 valence electrons. The van der Waals surface area contributed by atoms with Crippen molar-refractivity contribution in [3.8, 4) is 0 Å². The van der Waals surface area contributed by atoms with Crippen LogP contribution in [-0.2, 0) is 0 Å². The van der Waals surface area contributed by atoms with E-state index in [4.69, 9.17) is 5.11 Å². The fourth-order valence-corrected chi connectivity index (χ4v) is 4.19. The fourth-order valence-electron chi connectivity index (χ4n) is 4.19. The smallest absolute Gasteiger partial charge is 0.391 e. The standard InChI is InChI=1S/C24H23F3N8O2/c1-14-2-3-16(22-31-33-35(32-22)13-15-8-17(9-15)24(25,26)27)10-20(14)30-23(37)19-12-29-34-6-4-18(11-21(19)34)28-5-7-36/h2-4,6,10-13,15,17,36H,5,7-9H2,1H3,(H-,28,29,30,37)/p+1/b35-13+. The molecule has 0 saturated heterocycles. The molecule has 0 bridgehead atoms. The maximum atomic E-state index is 13.1. The summed E-state index contributed by atoms with van der Waals surface area (Å²) in [7, 11) is 0. The molecule has 0 spiro atoms. The van der Waals surface area contributed by atoms with Crippen LogP contribution in [0.1, 0.15) is 34.3 Å². The van der Waals surface area contributed by atoms with Gasteiger partial charge in [0.15, 0.2) is 5.22 Å². The van der Waals surface area contributed by atoms with Crippen molar-refractivity contribution in [2.45, 2.75) is 25.9 Å². The van der Waals surface area contributed by atoms with Gasteiger partial charge in [0.1, 0.15) is 11.3 Å². The first-order valence-electron chi connectivity index (χ1n) is 11.7. The van der Waals surface area contributed by atoms with Gasteiger partial charge in [0, 0.05) is 30.0 Å². The number of pyridine rings is 1. The van der Waals surface area contributed by atoms with Crippen LogP contribution >= 0.6 is 0 Å². The van der Waals surface area contributed by atoms with Crippen molar-refractivity contribution < 1.29 is 27.9 Å². The Morgan fingerprint density at radius 1 is 1.27 bits per heavy atom. The zero-order chi connectivity index (χ0) is 26.2. The Morgan fingerprint density at radius 3 is 2.84 bits per heavy atom. The lowest BCUT2D eigenvalue weighted by molar-refractivity contribution is -0.538. The molecule has 2 aliphatic rings. The number of carbonyl (C=O) groups is 1. The molecule has 13 heteroatoms. The molecule has 1 saturated carbocycles. The lowest BCUT2D eigenvalue weighted by atomic mass is 9.75. The molecule has 1 amide bonds. The molecule has 3 N–H and O–H groups in total. The van der Waals surface area contributed by atoms with Crippen LogP contribution in [0.5, 0.6) is 0 Å². The number of aryl methyl sites for hydroxylation is 1. The lowest BCUT2D eigenvalue weighted by Gasteiger charge is -2.33. The van der Waals surface area contributed by atoms with Gasteiger partial charge in [-0.15, -0.1) is 0 Å². The van der Waals surface area contributed by atoms with E-state index in [1.165, 1.54) is 11.0 Å². The third-order valence-electron chi connectivity index (χ3n) is 6.36. The number of benzene rings is 1. The fraction of sp³-hybridized carbons (Fsp3) is 0.333. The molecule has 2 aromatic heterocycles. The van der Waals surface area contributed by atoms with Gasteiger partial charge in [0.05, 0.1) is 35.4 Å². The summed E-state index contributed by atoms with van der Waals surface area (Å²) in [5.74, 6) is -1.61. The summed E-state index contributed by atoms with van der Waals surface area (Å²) < 4.78 is 39.7. The van der Waals surface area contributed by atoms with Crippen molar-refractivity contribution in [3.05, 3.63) is 59.4 Å². The highest BCUT2D eigenvalue weighted by Crippen LogP contribution is 2.44. The van der Waals surface area contributed by atoms with Gasteiger partial charge >= 0.3 is 12.0 Å². The number of fused-ring (bicyclic) bond motifs is 1. The number of amides is 1. The normalized spacial score (nSPS) is 20.2. The SMILES string of the molecule is Cc1ccc(C2=N/[N+](=C\C3CC(C(F)(F)F)C3)N=N2)cc1NC(=O)c1cnn2ccc(NCCO)cc12. The van der Waals surface area contributed by atoms with Crippen LogP contribution in [0.2, 0.25) is 0 Å². The van der Waals surface area contributed by atoms with E-state index >= 15 is 0 Å². The second-order valence-corrected chi connectivity index (χ2v) is 8.99. The average Bonchev–Trinajstić information content (AvgIpc) is 3.47. The van der Waals surface area contributed by atoms with E-state index in [2.05, 4.69) is 31.2 Å². The van der Waals surface area contributed by atoms with E-state index in [1.807, 2.05) is 13.0 Å². The molecule has 5 rings (SSSR count). The summed E-state index contributed by atoms with van der Waals surface area (Å²) in [5.41, 5.74) is 3.66. The molecular weight excluding hydrogens is 489 g/mol. The number of halogens is 3. The average molecular weight is 514 g/mol. The highest BCUT2D eigenvalue weighted by molar-refractivity contribution is 6.10. The predicted molar refractivity (Wildman–Crippen MR) is 130 cm³/mol. The number of hydrogen-bond donors (Lipinski definition) is 3. The Kier molecular flexibility index (Phi) is 6.46. The first-order valence-corrected chi connectivity index (χ1v) is 11.7. The van der Waals surface area contributed by atoms with Crippen LogP contribution in [0.3, 0.4) is 0 Å². The molecule has 3 heterocycles. The zero-order valence-corrected chi connectivity index (χ0v) is 19.8. The molecule has 1 aromatic carbocycles. The Hall–Kier alpha value is -4.13. The number of carbonyl (C=O) groups excluding carboxylic acids is 1. The van der Waals surface area contributed by atoms with Gasteiger partial charge in [0.2, 0.25) is 0 Å². The van der Waals surface area contributed by atoms with Crippen LogP contribution < -0.4 is 10.6 Å². The number of hydrogen-bond acceptors (Lipinski definition) is 7. The molecular formula is C24H24F3N8O2+. The number of aliphatic hydroxyl groups is 1. The number of aliphatic hydroxyl groups excluding tert-OH is 1. The topological polar surface area (TPSA) is 119 Å². The van der Waals surface area contributed by atoms with Gasteiger partial charge < -0.3 is 15.7 Å². The summed E-state index contributed by atoms with van der Waals surface area (Å²) in [5, 5.41) is 31.4. The van der Waals surface area contributed by atoms with Crippen LogP contribution in [0.25, 0.3) is 5.52 Å². The van der Waals surface area contributed by atoms with Crippen molar-refractivity contribution >= 4 is 34.8 Å². The van der Waals surface area contributed by atoms with Crippen LogP contribution in [-0.4, -0.2) is 56.8 Å². The number of rotatable bonds is 7. The van der Waals surface area contributed by atoms with E-state index < -0.39 is 12.1 Å². The maximum absolute atomic E-state index is 13.1. The van der Waals surface area contributed by atoms with Crippen molar-refractivity contribution in [3.63, 3.8) is 0 Å². The van der Waals surface area contributed by atoms with Gasteiger partial charge in [-0.3, -0.25) is 4.79 Å². The Labute approximate surface area is 209 Å². The minimum Gasteiger partial charge on any atom is -0.395 e. The zero-order valence-electron chi connectivity index (χ0n) is 19.8. The van der Waals surface area contributed by atoms with Crippen LogP contribution in [0.15, 0.2) is 58.2 Å². The number of amidine groups is 1. The first kappa shape index (κ1) is 24.6. The minimum atomic E-state index is -4.17. The largest absolute Gasteiger partial charge is 0.395 e. The summed E-state index contributed by atoms with van der Waals surface area (Å²) in [6, 6.07) is 8.88. The number of aromatic nitrogens is 2. The van der Waals surface area contributed by atoms with Gasteiger partial charge in [-0.05, 0) is 59.5 Å². The van der Waals surface area contributed by atoms with Gasteiger partial charge in [-0.2, -0.15) is 18.3 Å². The first-order chi connectivity index (χ1) is 17.7. The molecule has 0 unspecified atom stereocenters. The van der Waals surface area contributed by atoms with Crippen LogP contribution in [0, 0.1) is 18.8 Å². The van der Waals surface area contributed by atoms with Crippen molar-refractivity contribution in [1.29, 1.82) is 0 Å². The molecule has 0 atom stereocenters. The van der Waals surface area contributed by atoms with E-state index in [0.29, 0.717) is 28.9 Å². The number of alkyl halides is 3. The van der Waals surface area contributed by atoms with E-state index in [-0.39, 0.29) is 37.1 Å². The molecule has 1 aliphatic carbocycles. The number of anilines is 2. The molecule has 37 heavy (non-hydrogen) atoms. The second-order valence-electron chi connectivity index (χ2n) is 8.99. The monoisotopic (exact) mass is 513 g/mol. The Morgan fingerprint density at radius 2 is 2.08 bits per heavy atom. The minimum absolute atomic E-state index is 0.0175. The summed E-state index contributed by atoms with van der Waals surface area (Å²) in [4.78, 5) is 14.3. The Bertz CT molecular complexity index is 1440. The second kappa shape index (κ2) is 9.73. The maximum Gasteiger partial charge on any atom is 0.391 e. The summed E-state index contributed by atoms with van der Waals surface area (Å²) in [6.45, 7) is 2.20. The number of hydrazone groups is 1. The number of nitrogens with one attached hydrogen (secondary N) is 2. The van der Waals surface area contributed by atoms with E-state index in [1.54, 1.807) is 41.2 Å². The highest BCUT2D eigenvalue weighted by Gasteiger charge is 2.48. The third kappa shape index (κ3) is 5.21. The molecule has 1 aliphatic heterocycles. The molecule has 3 aromatic rings. The summed E-state index contributed by atoms with van der Waals surface area (Å²) in [6.07, 6.45) is 0.608. The van der Waals surface area contributed by atoms with Gasteiger partial charge in [0.25, 0.3) is 5.91 Å². The van der Waals surface area contributed by atoms with E-state index in [0.717, 1.165) is 11.3 Å². The third-order valence-corrected chi connectivity index (χ3v) is 6.36. The van der Waals surface area contributed by atoms with Gasteiger partial charge in [-0.1, -0.05) is 6.07 Å². The van der Waals surface area contributed by atoms with Crippen molar-refractivity contribution in [1.82, 2.24) is 9.61 Å². The quantitative estimate of drug-likeness (QED) is 0.414. The number of nitrogens with zero attached hydrogens (tertiary/aromatic N) is 6. The van der Waals surface area contributed by atoms with Crippen molar-refractivity contribution in [2.75, 3.05) is 23.8 Å². The van der Waals surface area contributed by atoms with Gasteiger partial charge in [-0.25, -0.2) is 4.52 Å².